The predicted octanol–water partition coefficient (Wildman–Crippen LogP) is 2.43. The van der Waals surface area contributed by atoms with Crippen LogP contribution in [0.1, 0.15) is 19.2 Å². The molecule has 112 valence electrons. The summed E-state index contributed by atoms with van der Waals surface area (Å²) in [5.41, 5.74) is 0.981. The van der Waals surface area contributed by atoms with Gasteiger partial charge in [-0.1, -0.05) is 30.3 Å². The number of carbonyl (C=O) groups excluding carboxylic acids is 1. The molecule has 5 nitrogen and oxygen atoms in total. The molecule has 1 aromatic heterocycles. The number of amides is 1. The number of oxazole rings is 1. The fourth-order valence-corrected chi connectivity index (χ4v) is 2.02. The van der Waals surface area contributed by atoms with E-state index in [1.165, 1.54) is 0 Å². The molecule has 0 unspecified atom stereocenters. The second-order valence-corrected chi connectivity index (χ2v) is 4.91. The van der Waals surface area contributed by atoms with E-state index in [1.807, 2.05) is 37.3 Å². The second-order valence-electron chi connectivity index (χ2n) is 4.91. The zero-order chi connectivity index (χ0) is 15.1. The van der Waals surface area contributed by atoms with Crippen LogP contribution in [0, 0.1) is 0 Å². The van der Waals surface area contributed by atoms with Gasteiger partial charge >= 0.3 is 0 Å². The van der Waals surface area contributed by atoms with E-state index in [4.69, 9.17) is 9.15 Å². The second kappa shape index (κ2) is 7.59. The number of nitrogens with zero attached hydrogens (tertiary/aromatic N) is 1. The normalized spacial score (nSPS) is 12.1. The minimum atomic E-state index is -0.0287. The summed E-state index contributed by atoms with van der Waals surface area (Å²) in [5, 5.41) is 2.86. The number of hydrogen-bond donors (Lipinski definition) is 1. The van der Waals surface area contributed by atoms with Crippen LogP contribution < -0.4 is 5.32 Å². The highest BCUT2D eigenvalue weighted by molar-refractivity contribution is 5.76. The summed E-state index contributed by atoms with van der Waals surface area (Å²) in [6.07, 6.45) is 2.53. The van der Waals surface area contributed by atoms with Crippen LogP contribution in [0.5, 0.6) is 0 Å². The zero-order valence-electron chi connectivity index (χ0n) is 12.3. The summed E-state index contributed by atoms with van der Waals surface area (Å²) in [6.45, 7) is 2.41. The number of ether oxygens (including phenoxy) is 1. The van der Waals surface area contributed by atoms with Crippen LogP contribution in [0.15, 0.2) is 40.9 Å². The van der Waals surface area contributed by atoms with Gasteiger partial charge in [-0.15, -0.1) is 0 Å². The first-order valence-electron chi connectivity index (χ1n) is 6.97. The lowest BCUT2D eigenvalue weighted by atomic mass is 10.2. The minimum Gasteiger partial charge on any atom is -0.441 e. The molecule has 1 amide bonds. The highest BCUT2D eigenvalue weighted by Crippen LogP contribution is 2.20. The zero-order valence-corrected chi connectivity index (χ0v) is 12.3. The van der Waals surface area contributed by atoms with Gasteiger partial charge < -0.3 is 14.5 Å². The lowest BCUT2D eigenvalue weighted by Crippen LogP contribution is -2.35. The largest absolute Gasteiger partial charge is 0.441 e. The van der Waals surface area contributed by atoms with Gasteiger partial charge in [-0.25, -0.2) is 4.98 Å². The molecule has 0 radical (unpaired) electrons. The predicted molar refractivity (Wildman–Crippen MR) is 79.7 cm³/mol. The first-order chi connectivity index (χ1) is 10.2. The van der Waals surface area contributed by atoms with Gasteiger partial charge in [0.2, 0.25) is 5.91 Å². The van der Waals surface area contributed by atoms with Crippen molar-refractivity contribution in [3.8, 4) is 11.3 Å². The van der Waals surface area contributed by atoms with E-state index in [0.717, 1.165) is 11.3 Å². The summed E-state index contributed by atoms with van der Waals surface area (Å²) in [7, 11) is 1.61. The van der Waals surface area contributed by atoms with E-state index in [1.54, 1.807) is 13.3 Å². The monoisotopic (exact) mass is 288 g/mol. The highest BCUT2D eigenvalue weighted by atomic mass is 16.5. The van der Waals surface area contributed by atoms with Crippen molar-refractivity contribution >= 4 is 5.91 Å². The smallest absolute Gasteiger partial charge is 0.220 e. The lowest BCUT2D eigenvalue weighted by molar-refractivity contribution is -0.122. The topological polar surface area (TPSA) is 64.4 Å². The fourth-order valence-electron chi connectivity index (χ4n) is 2.02. The molecule has 2 aromatic rings. The number of aromatic nitrogens is 1. The van der Waals surface area contributed by atoms with Crippen molar-refractivity contribution in [2.75, 3.05) is 13.7 Å². The van der Waals surface area contributed by atoms with Crippen molar-refractivity contribution in [1.29, 1.82) is 0 Å². The summed E-state index contributed by atoms with van der Waals surface area (Å²) < 4.78 is 10.6. The van der Waals surface area contributed by atoms with Crippen LogP contribution in [-0.2, 0) is 16.0 Å². The molecule has 0 fully saturated rings. The Morgan fingerprint density at radius 3 is 2.86 bits per heavy atom. The van der Waals surface area contributed by atoms with Gasteiger partial charge in [-0.3, -0.25) is 4.79 Å². The number of aryl methyl sites for hydroxylation is 1. The van der Waals surface area contributed by atoms with E-state index < -0.39 is 0 Å². The number of hydrogen-bond acceptors (Lipinski definition) is 4. The van der Waals surface area contributed by atoms with Gasteiger partial charge in [-0.2, -0.15) is 0 Å². The van der Waals surface area contributed by atoms with E-state index >= 15 is 0 Å². The van der Waals surface area contributed by atoms with Gasteiger partial charge in [0.1, 0.15) is 0 Å². The van der Waals surface area contributed by atoms with Crippen molar-refractivity contribution in [2.45, 2.75) is 25.8 Å². The van der Waals surface area contributed by atoms with Gasteiger partial charge in [-0.05, 0) is 6.92 Å². The number of benzene rings is 1. The maximum absolute atomic E-state index is 11.7. The molecule has 0 spiro atoms. The van der Waals surface area contributed by atoms with Crippen LogP contribution in [0.3, 0.4) is 0 Å². The van der Waals surface area contributed by atoms with E-state index in [-0.39, 0.29) is 11.9 Å². The molecule has 21 heavy (non-hydrogen) atoms. The van der Waals surface area contributed by atoms with Gasteiger partial charge in [0.25, 0.3) is 0 Å². The van der Waals surface area contributed by atoms with Crippen LogP contribution in [0.2, 0.25) is 0 Å². The van der Waals surface area contributed by atoms with Gasteiger partial charge in [0.15, 0.2) is 11.7 Å². The summed E-state index contributed by atoms with van der Waals surface area (Å²) >= 11 is 0. The van der Waals surface area contributed by atoms with Crippen LogP contribution in [-0.4, -0.2) is 30.6 Å². The molecule has 0 bridgehead atoms. The molecule has 0 saturated heterocycles. The molecule has 1 aromatic carbocycles. The molecule has 1 heterocycles. The van der Waals surface area contributed by atoms with Crippen molar-refractivity contribution in [2.24, 2.45) is 0 Å². The van der Waals surface area contributed by atoms with E-state index in [2.05, 4.69) is 10.3 Å². The fraction of sp³-hybridized carbons (Fsp3) is 0.375. The molecular weight excluding hydrogens is 268 g/mol. The summed E-state index contributed by atoms with van der Waals surface area (Å²) in [5.74, 6) is 1.26. The Labute approximate surface area is 124 Å². The first kappa shape index (κ1) is 15.3. The molecule has 0 aliphatic carbocycles. The van der Waals surface area contributed by atoms with E-state index in [9.17, 15) is 4.79 Å². The molecule has 1 atom stereocenters. The third-order valence-electron chi connectivity index (χ3n) is 3.00. The minimum absolute atomic E-state index is 0.00643. The molecule has 2 rings (SSSR count). The summed E-state index contributed by atoms with van der Waals surface area (Å²) in [4.78, 5) is 16.0. The number of methoxy groups -OCH3 is 1. The van der Waals surface area contributed by atoms with Crippen molar-refractivity contribution in [3.63, 3.8) is 0 Å². The Hall–Kier alpha value is -2.14. The van der Waals surface area contributed by atoms with Crippen LogP contribution in [0.4, 0.5) is 0 Å². The number of nitrogens with one attached hydrogen (secondary N) is 1. The van der Waals surface area contributed by atoms with Crippen LogP contribution >= 0.6 is 0 Å². The molecular formula is C16H20N2O3. The molecule has 0 aliphatic rings. The standard InChI is InChI=1S/C16H20N2O3/c1-12(11-20-2)18-15(19)8-9-16-17-10-14(21-16)13-6-4-3-5-7-13/h3-7,10,12H,8-9,11H2,1-2H3,(H,18,19)/t12-/m1/s1. The molecule has 0 aliphatic heterocycles. The lowest BCUT2D eigenvalue weighted by Gasteiger charge is -2.11. The molecule has 1 N–H and O–H groups in total. The Bertz CT molecular complexity index is 566. The molecule has 5 heteroatoms. The Kier molecular flexibility index (Phi) is 5.51. The average Bonchev–Trinajstić information content (AvgIpc) is 2.95. The third kappa shape index (κ3) is 4.72. The quantitative estimate of drug-likeness (QED) is 0.850. The SMILES string of the molecule is COC[C@@H](C)NC(=O)CCc1ncc(-c2ccccc2)o1. The van der Waals surface area contributed by atoms with Crippen LogP contribution in [0.25, 0.3) is 11.3 Å². The van der Waals surface area contributed by atoms with E-state index in [0.29, 0.717) is 25.3 Å². The Morgan fingerprint density at radius 2 is 2.14 bits per heavy atom. The first-order valence-corrected chi connectivity index (χ1v) is 6.97. The maximum atomic E-state index is 11.7. The Morgan fingerprint density at radius 1 is 1.38 bits per heavy atom. The maximum Gasteiger partial charge on any atom is 0.220 e. The highest BCUT2D eigenvalue weighted by Gasteiger charge is 2.10. The summed E-state index contributed by atoms with van der Waals surface area (Å²) in [6, 6.07) is 9.77. The van der Waals surface area contributed by atoms with Crippen molar-refractivity contribution in [1.82, 2.24) is 10.3 Å². The Balaban J connectivity index is 1.84. The number of rotatable bonds is 7. The molecule has 0 saturated carbocycles. The number of carbonyl (C=O) groups is 1. The third-order valence-corrected chi connectivity index (χ3v) is 3.00. The van der Waals surface area contributed by atoms with Crippen molar-refractivity contribution in [3.05, 3.63) is 42.4 Å². The van der Waals surface area contributed by atoms with Crippen molar-refractivity contribution < 1.29 is 13.9 Å². The van der Waals surface area contributed by atoms with Gasteiger partial charge in [0, 0.05) is 31.6 Å². The average molecular weight is 288 g/mol. The van der Waals surface area contributed by atoms with Gasteiger partial charge in [0.05, 0.1) is 12.8 Å².